The molecule has 106 valence electrons. The average Bonchev–Trinajstić information content (AvgIpc) is 3.20. The van der Waals surface area contributed by atoms with Crippen molar-refractivity contribution in [2.75, 3.05) is 13.7 Å². The average molecular weight is 328 g/mol. The molecule has 1 N–H and O–H groups in total. The van der Waals surface area contributed by atoms with Gasteiger partial charge in [-0.25, -0.2) is 0 Å². The van der Waals surface area contributed by atoms with E-state index in [1.165, 1.54) is 18.4 Å². The minimum atomic E-state index is 0.167. The lowest BCUT2D eigenvalue weighted by Gasteiger charge is -2.18. The molecule has 1 aliphatic carbocycles. The Morgan fingerprint density at radius 2 is 2.21 bits per heavy atom. The van der Waals surface area contributed by atoms with Gasteiger partial charge in [-0.15, -0.1) is 0 Å². The predicted molar refractivity (Wildman–Crippen MR) is 80.6 cm³/mol. The van der Waals surface area contributed by atoms with Crippen molar-refractivity contribution >= 4 is 15.9 Å². The molecule has 0 aliphatic heterocycles. The maximum Gasteiger partial charge on any atom is 0.124 e. The van der Waals surface area contributed by atoms with Gasteiger partial charge in [0.15, 0.2) is 0 Å². The van der Waals surface area contributed by atoms with E-state index in [1.807, 2.05) is 12.1 Å². The van der Waals surface area contributed by atoms with Crippen LogP contribution in [0.5, 0.6) is 5.75 Å². The summed E-state index contributed by atoms with van der Waals surface area (Å²) in [5.41, 5.74) is 1.21. The van der Waals surface area contributed by atoms with Crippen LogP contribution in [-0.4, -0.2) is 25.9 Å². The third-order valence-corrected chi connectivity index (χ3v) is 3.73. The van der Waals surface area contributed by atoms with Crippen molar-refractivity contribution in [1.82, 2.24) is 5.32 Å². The smallest absolute Gasteiger partial charge is 0.124 e. The van der Waals surface area contributed by atoms with Gasteiger partial charge in [0.1, 0.15) is 5.75 Å². The quantitative estimate of drug-likeness (QED) is 0.792. The minimum absolute atomic E-state index is 0.167. The van der Waals surface area contributed by atoms with E-state index in [2.05, 4.69) is 34.2 Å². The van der Waals surface area contributed by atoms with Gasteiger partial charge in [0.25, 0.3) is 0 Å². The molecule has 1 fully saturated rings. The molecule has 1 saturated carbocycles. The first kappa shape index (κ1) is 14.8. The van der Waals surface area contributed by atoms with E-state index in [0.717, 1.165) is 29.8 Å². The highest BCUT2D eigenvalue weighted by Gasteiger charge is 2.21. The molecule has 1 aliphatic rings. The van der Waals surface area contributed by atoms with E-state index < -0.39 is 0 Å². The lowest BCUT2D eigenvalue weighted by atomic mass is 10.2. The molecule has 0 saturated heterocycles. The maximum atomic E-state index is 6.01. The number of rotatable bonds is 8. The molecule has 4 heteroatoms. The highest BCUT2D eigenvalue weighted by Crippen LogP contribution is 2.26. The zero-order valence-corrected chi connectivity index (χ0v) is 13.2. The number of benzene rings is 1. The Morgan fingerprint density at radius 1 is 1.42 bits per heavy atom. The van der Waals surface area contributed by atoms with Crippen molar-refractivity contribution in [3.8, 4) is 5.75 Å². The highest BCUT2D eigenvalue weighted by molar-refractivity contribution is 9.10. The first-order valence-corrected chi connectivity index (χ1v) is 7.65. The predicted octanol–water partition coefficient (Wildman–Crippen LogP) is 3.50. The van der Waals surface area contributed by atoms with Crippen molar-refractivity contribution in [1.29, 1.82) is 0 Å². The van der Waals surface area contributed by atoms with Crippen molar-refractivity contribution < 1.29 is 9.47 Å². The molecule has 0 amide bonds. The van der Waals surface area contributed by atoms with E-state index >= 15 is 0 Å². The Kier molecular flexibility index (Phi) is 5.67. The number of ether oxygens (including phenoxy) is 2. The molecule has 3 nitrogen and oxygen atoms in total. The fraction of sp³-hybridized carbons (Fsp3) is 0.600. The number of nitrogens with one attached hydrogen (secondary N) is 1. The monoisotopic (exact) mass is 327 g/mol. The number of methoxy groups -OCH3 is 1. The van der Waals surface area contributed by atoms with Crippen molar-refractivity contribution in [3.63, 3.8) is 0 Å². The number of hydrogen-bond acceptors (Lipinski definition) is 3. The van der Waals surface area contributed by atoms with Gasteiger partial charge in [-0.1, -0.05) is 15.9 Å². The van der Waals surface area contributed by atoms with Gasteiger partial charge in [-0.3, -0.25) is 0 Å². The van der Waals surface area contributed by atoms with Crippen LogP contribution in [-0.2, 0) is 11.3 Å². The fourth-order valence-corrected chi connectivity index (χ4v) is 2.31. The first-order chi connectivity index (χ1) is 9.19. The SMILES string of the molecule is COCCC(C)Oc1ccc(Br)cc1CNC1CC1. The van der Waals surface area contributed by atoms with E-state index in [1.54, 1.807) is 7.11 Å². The molecule has 0 spiro atoms. The normalized spacial score (nSPS) is 16.4. The molecule has 1 aromatic carbocycles. The standard InChI is InChI=1S/C15H22BrNO2/c1-11(7-8-18-2)19-15-6-3-13(16)9-12(15)10-17-14-4-5-14/h3,6,9,11,14,17H,4-5,7-8,10H2,1-2H3. The van der Waals surface area contributed by atoms with Crippen LogP contribution < -0.4 is 10.1 Å². The van der Waals surface area contributed by atoms with Crippen molar-refractivity contribution in [2.45, 2.75) is 44.9 Å². The van der Waals surface area contributed by atoms with E-state index in [4.69, 9.17) is 9.47 Å². The van der Waals surface area contributed by atoms with E-state index in [9.17, 15) is 0 Å². The lowest BCUT2D eigenvalue weighted by molar-refractivity contribution is 0.134. The summed E-state index contributed by atoms with van der Waals surface area (Å²) in [5, 5.41) is 3.53. The Hall–Kier alpha value is -0.580. The van der Waals surface area contributed by atoms with E-state index in [-0.39, 0.29) is 6.10 Å². The Labute approximate surface area is 123 Å². The topological polar surface area (TPSA) is 30.5 Å². The summed E-state index contributed by atoms with van der Waals surface area (Å²) in [4.78, 5) is 0. The van der Waals surface area contributed by atoms with Gasteiger partial charge in [0, 0.05) is 42.8 Å². The molecule has 0 bridgehead atoms. The molecule has 0 heterocycles. The number of hydrogen-bond donors (Lipinski definition) is 1. The summed E-state index contributed by atoms with van der Waals surface area (Å²) in [5.74, 6) is 0.972. The molecule has 0 radical (unpaired) electrons. The molecule has 1 unspecified atom stereocenters. The van der Waals surface area contributed by atoms with Crippen molar-refractivity contribution in [3.05, 3.63) is 28.2 Å². The van der Waals surface area contributed by atoms with Gasteiger partial charge in [0.2, 0.25) is 0 Å². The molecule has 0 aromatic heterocycles. The van der Waals surface area contributed by atoms with Crippen LogP contribution in [0.1, 0.15) is 31.7 Å². The Balaban J connectivity index is 1.96. The van der Waals surface area contributed by atoms with Crippen molar-refractivity contribution in [2.24, 2.45) is 0 Å². The first-order valence-electron chi connectivity index (χ1n) is 6.86. The van der Waals surface area contributed by atoms with Crippen LogP contribution in [0.3, 0.4) is 0 Å². The van der Waals surface area contributed by atoms with Gasteiger partial charge in [-0.2, -0.15) is 0 Å². The van der Waals surface area contributed by atoms with Crippen LogP contribution in [0.2, 0.25) is 0 Å². The summed E-state index contributed by atoms with van der Waals surface area (Å²) in [6.45, 7) is 3.68. The van der Waals surface area contributed by atoms with Crippen LogP contribution in [0.15, 0.2) is 22.7 Å². The van der Waals surface area contributed by atoms with Crippen LogP contribution in [0.25, 0.3) is 0 Å². The molecule has 1 aromatic rings. The second-order valence-corrected chi connectivity index (χ2v) is 6.03. The highest BCUT2D eigenvalue weighted by atomic mass is 79.9. The minimum Gasteiger partial charge on any atom is -0.490 e. The second-order valence-electron chi connectivity index (χ2n) is 5.12. The fourth-order valence-electron chi connectivity index (χ4n) is 1.90. The molecular formula is C15H22BrNO2. The largest absolute Gasteiger partial charge is 0.490 e. The van der Waals surface area contributed by atoms with E-state index in [0.29, 0.717) is 6.04 Å². The molecule has 19 heavy (non-hydrogen) atoms. The summed E-state index contributed by atoms with van der Waals surface area (Å²) >= 11 is 3.52. The van der Waals surface area contributed by atoms with Gasteiger partial charge in [0.05, 0.1) is 6.10 Å². The second kappa shape index (κ2) is 7.27. The van der Waals surface area contributed by atoms with Gasteiger partial charge >= 0.3 is 0 Å². The Bertz CT molecular complexity index is 407. The van der Waals surface area contributed by atoms with Crippen LogP contribution in [0, 0.1) is 0 Å². The molecule has 2 rings (SSSR count). The zero-order valence-electron chi connectivity index (χ0n) is 11.6. The number of halogens is 1. The van der Waals surface area contributed by atoms with Gasteiger partial charge in [-0.05, 0) is 38.0 Å². The summed E-state index contributed by atoms with van der Waals surface area (Å²) < 4.78 is 12.2. The third-order valence-electron chi connectivity index (χ3n) is 3.24. The lowest BCUT2D eigenvalue weighted by Crippen LogP contribution is -2.19. The molecule has 1 atom stereocenters. The summed E-state index contributed by atoms with van der Waals surface area (Å²) in [6.07, 6.45) is 3.67. The van der Waals surface area contributed by atoms with Gasteiger partial charge < -0.3 is 14.8 Å². The third kappa shape index (κ3) is 5.13. The Morgan fingerprint density at radius 3 is 2.89 bits per heavy atom. The summed E-state index contributed by atoms with van der Waals surface area (Å²) in [7, 11) is 1.72. The summed E-state index contributed by atoms with van der Waals surface area (Å²) in [6, 6.07) is 6.90. The van der Waals surface area contributed by atoms with Crippen LogP contribution >= 0.6 is 15.9 Å². The molecular weight excluding hydrogens is 306 g/mol. The zero-order chi connectivity index (χ0) is 13.7. The maximum absolute atomic E-state index is 6.01. The van der Waals surface area contributed by atoms with Crippen LogP contribution in [0.4, 0.5) is 0 Å².